The van der Waals surface area contributed by atoms with Crippen molar-refractivity contribution in [1.29, 1.82) is 0 Å². The summed E-state index contributed by atoms with van der Waals surface area (Å²) in [5, 5.41) is 7.67. The summed E-state index contributed by atoms with van der Waals surface area (Å²) in [4.78, 5) is 0. The second kappa shape index (κ2) is 6.96. The molecule has 1 aromatic heterocycles. The third kappa shape index (κ3) is 3.78. The molecule has 17 heavy (non-hydrogen) atoms. The summed E-state index contributed by atoms with van der Waals surface area (Å²) >= 11 is 0. The fourth-order valence-corrected chi connectivity index (χ4v) is 1.72. The Kier molecular flexibility index (Phi) is 5.56. The number of methoxy groups -OCH3 is 1. The average molecular weight is 239 g/mol. The number of hydrogen-bond donors (Lipinski definition) is 1. The summed E-state index contributed by atoms with van der Waals surface area (Å²) in [5.74, 6) is 0.817. The lowest BCUT2D eigenvalue weighted by molar-refractivity contribution is 0.244. The van der Waals surface area contributed by atoms with Gasteiger partial charge in [0.15, 0.2) is 0 Å². The highest BCUT2D eigenvalue weighted by molar-refractivity contribution is 5.30. The molecule has 0 bridgehead atoms. The molecular formula is C12H21N3O2. The molecule has 5 nitrogen and oxygen atoms in total. The zero-order valence-corrected chi connectivity index (χ0v) is 10.8. The van der Waals surface area contributed by atoms with Crippen LogP contribution in [0, 0.1) is 6.92 Å². The van der Waals surface area contributed by atoms with Crippen LogP contribution in [-0.4, -0.2) is 30.0 Å². The van der Waals surface area contributed by atoms with E-state index < -0.39 is 0 Å². The van der Waals surface area contributed by atoms with E-state index in [0.29, 0.717) is 6.61 Å². The Morgan fingerprint density at radius 1 is 1.53 bits per heavy atom. The van der Waals surface area contributed by atoms with Crippen molar-refractivity contribution < 1.29 is 9.47 Å². The fraction of sp³-hybridized carbons (Fsp3) is 0.583. The Hall–Kier alpha value is -1.49. The van der Waals surface area contributed by atoms with Crippen LogP contribution in [0.15, 0.2) is 12.8 Å². The van der Waals surface area contributed by atoms with Gasteiger partial charge in [0.1, 0.15) is 0 Å². The molecule has 5 heteroatoms. The maximum absolute atomic E-state index is 5.32. The van der Waals surface area contributed by atoms with Crippen LogP contribution in [0.2, 0.25) is 0 Å². The van der Waals surface area contributed by atoms with Crippen LogP contribution >= 0.6 is 0 Å². The Labute approximate surface area is 102 Å². The van der Waals surface area contributed by atoms with Gasteiger partial charge in [0.25, 0.3) is 0 Å². The first-order chi connectivity index (χ1) is 8.20. The van der Waals surface area contributed by atoms with Crippen molar-refractivity contribution in [1.82, 2.24) is 15.1 Å². The Balaban J connectivity index is 2.38. The van der Waals surface area contributed by atoms with E-state index in [2.05, 4.69) is 17.0 Å². The minimum atomic E-state index is 0.694. The average Bonchev–Trinajstić information content (AvgIpc) is 2.58. The van der Waals surface area contributed by atoms with Crippen molar-refractivity contribution >= 4 is 0 Å². The van der Waals surface area contributed by atoms with Crippen LogP contribution in [0.4, 0.5) is 0 Å². The normalized spacial score (nSPS) is 10.3. The standard InChI is InChI=1S/C12H21N3O2/c1-5-17-8-6-7-13-9-11-10(2)14-15(3)12(11)16-4/h5,13H,1,6-9H2,2-4H3. The van der Waals surface area contributed by atoms with Gasteiger partial charge in [-0.1, -0.05) is 6.58 Å². The molecule has 1 N–H and O–H groups in total. The minimum absolute atomic E-state index is 0.694. The highest BCUT2D eigenvalue weighted by Crippen LogP contribution is 2.20. The van der Waals surface area contributed by atoms with Crippen LogP contribution in [0.25, 0.3) is 0 Å². The number of ether oxygens (including phenoxy) is 2. The molecule has 0 radical (unpaired) electrons. The van der Waals surface area contributed by atoms with E-state index in [9.17, 15) is 0 Å². The van der Waals surface area contributed by atoms with Gasteiger partial charge in [-0.3, -0.25) is 0 Å². The molecule has 0 unspecified atom stereocenters. The highest BCUT2D eigenvalue weighted by Gasteiger charge is 2.12. The second-order valence-corrected chi connectivity index (χ2v) is 3.76. The minimum Gasteiger partial charge on any atom is -0.502 e. The van der Waals surface area contributed by atoms with Gasteiger partial charge in [-0.2, -0.15) is 5.10 Å². The highest BCUT2D eigenvalue weighted by atomic mass is 16.5. The monoisotopic (exact) mass is 239 g/mol. The molecule has 0 fully saturated rings. The summed E-state index contributed by atoms with van der Waals surface area (Å²) in [6.07, 6.45) is 2.42. The maximum Gasteiger partial charge on any atom is 0.216 e. The lowest BCUT2D eigenvalue weighted by Gasteiger charge is -2.06. The predicted octanol–water partition coefficient (Wildman–Crippen LogP) is 1.38. The first-order valence-electron chi connectivity index (χ1n) is 5.70. The summed E-state index contributed by atoms with van der Waals surface area (Å²) in [6, 6.07) is 0. The second-order valence-electron chi connectivity index (χ2n) is 3.76. The maximum atomic E-state index is 5.32. The zero-order chi connectivity index (χ0) is 12.7. The van der Waals surface area contributed by atoms with E-state index in [1.54, 1.807) is 11.8 Å². The molecule has 0 aliphatic heterocycles. The molecule has 0 spiro atoms. The van der Waals surface area contributed by atoms with E-state index >= 15 is 0 Å². The number of nitrogens with zero attached hydrogens (tertiary/aromatic N) is 2. The number of hydrogen-bond acceptors (Lipinski definition) is 4. The number of nitrogens with one attached hydrogen (secondary N) is 1. The zero-order valence-electron chi connectivity index (χ0n) is 10.8. The molecular weight excluding hydrogens is 218 g/mol. The van der Waals surface area contributed by atoms with Gasteiger partial charge in [0, 0.05) is 13.6 Å². The fourth-order valence-electron chi connectivity index (χ4n) is 1.72. The van der Waals surface area contributed by atoms with Crippen LogP contribution in [0.1, 0.15) is 17.7 Å². The lowest BCUT2D eigenvalue weighted by atomic mass is 10.2. The molecule has 0 aliphatic carbocycles. The summed E-state index contributed by atoms with van der Waals surface area (Å²) in [7, 11) is 3.55. The molecule has 1 rings (SSSR count). The molecule has 0 aromatic carbocycles. The lowest BCUT2D eigenvalue weighted by Crippen LogP contribution is -2.16. The van der Waals surface area contributed by atoms with E-state index in [1.165, 1.54) is 6.26 Å². The van der Waals surface area contributed by atoms with Gasteiger partial charge in [0.05, 0.1) is 31.2 Å². The van der Waals surface area contributed by atoms with Gasteiger partial charge in [0.2, 0.25) is 5.88 Å². The van der Waals surface area contributed by atoms with Gasteiger partial charge in [-0.15, -0.1) is 0 Å². The predicted molar refractivity (Wildman–Crippen MR) is 67.0 cm³/mol. The number of aromatic nitrogens is 2. The van der Waals surface area contributed by atoms with E-state index in [4.69, 9.17) is 9.47 Å². The topological polar surface area (TPSA) is 48.3 Å². The first kappa shape index (κ1) is 13.6. The van der Waals surface area contributed by atoms with Crippen LogP contribution < -0.4 is 10.1 Å². The SMILES string of the molecule is C=COCCCNCc1c(C)nn(C)c1OC. The third-order valence-electron chi connectivity index (χ3n) is 2.52. The van der Waals surface area contributed by atoms with Gasteiger partial charge in [-0.05, 0) is 19.9 Å². The van der Waals surface area contributed by atoms with Crippen LogP contribution in [0.5, 0.6) is 5.88 Å². The number of rotatable bonds is 8. The summed E-state index contributed by atoms with van der Waals surface area (Å²) in [6.45, 7) is 7.83. The van der Waals surface area contributed by atoms with Crippen LogP contribution in [-0.2, 0) is 18.3 Å². The summed E-state index contributed by atoms with van der Waals surface area (Å²) in [5.41, 5.74) is 2.11. The van der Waals surface area contributed by atoms with Crippen molar-refractivity contribution in [2.24, 2.45) is 7.05 Å². The number of aryl methyl sites for hydroxylation is 2. The molecule has 0 atom stereocenters. The van der Waals surface area contributed by atoms with Crippen molar-refractivity contribution in [2.45, 2.75) is 19.9 Å². The smallest absolute Gasteiger partial charge is 0.216 e. The molecule has 1 aromatic rings. The van der Waals surface area contributed by atoms with E-state index in [-0.39, 0.29) is 0 Å². The van der Waals surface area contributed by atoms with Crippen molar-refractivity contribution in [3.8, 4) is 5.88 Å². The van der Waals surface area contributed by atoms with Gasteiger partial charge < -0.3 is 14.8 Å². The van der Waals surface area contributed by atoms with E-state index in [0.717, 1.165) is 36.6 Å². The van der Waals surface area contributed by atoms with Crippen molar-refractivity contribution in [3.63, 3.8) is 0 Å². The Morgan fingerprint density at radius 2 is 2.29 bits per heavy atom. The summed E-state index contributed by atoms with van der Waals surface area (Å²) < 4.78 is 12.1. The quantitative estimate of drug-likeness (QED) is 0.550. The Bertz CT molecular complexity index is 361. The largest absolute Gasteiger partial charge is 0.502 e. The first-order valence-corrected chi connectivity index (χ1v) is 5.70. The molecule has 0 amide bonds. The molecule has 0 saturated carbocycles. The third-order valence-corrected chi connectivity index (χ3v) is 2.52. The Morgan fingerprint density at radius 3 is 2.94 bits per heavy atom. The van der Waals surface area contributed by atoms with Crippen molar-refractivity contribution in [2.75, 3.05) is 20.3 Å². The van der Waals surface area contributed by atoms with Crippen molar-refractivity contribution in [3.05, 3.63) is 24.1 Å². The van der Waals surface area contributed by atoms with Crippen LogP contribution in [0.3, 0.4) is 0 Å². The molecule has 0 saturated heterocycles. The van der Waals surface area contributed by atoms with Gasteiger partial charge >= 0.3 is 0 Å². The van der Waals surface area contributed by atoms with Gasteiger partial charge in [-0.25, -0.2) is 4.68 Å². The van der Waals surface area contributed by atoms with E-state index in [1.807, 2.05) is 14.0 Å². The molecule has 96 valence electrons. The molecule has 1 heterocycles. The molecule has 0 aliphatic rings.